The summed E-state index contributed by atoms with van der Waals surface area (Å²) in [6.45, 7) is 5.31. The molecule has 0 bridgehead atoms. The molecule has 2 heterocycles. The number of nitrogens with zero attached hydrogens (tertiary/aromatic N) is 2. The van der Waals surface area contributed by atoms with Gasteiger partial charge in [-0.15, -0.1) is 4.90 Å². The summed E-state index contributed by atoms with van der Waals surface area (Å²) in [4.78, 5) is 26.3. The number of hydrogen-bond acceptors (Lipinski definition) is 3. The lowest BCUT2D eigenvalue weighted by Crippen LogP contribution is -2.45. The molecule has 1 atom stereocenters. The summed E-state index contributed by atoms with van der Waals surface area (Å²) in [5.41, 5.74) is 1.92. The number of amides is 2. The standard InChI is InChI=1S/C16H17ClN2O3/c1-8-4-5-11-12(6-8)16(21)18(15(11)20)14-9(2)7-13(17)10(3)19(14)22/h7-8H,4-6H2,1-3H3. The first-order chi connectivity index (χ1) is 10.3. The molecule has 0 saturated carbocycles. The van der Waals surface area contributed by atoms with Gasteiger partial charge in [0, 0.05) is 5.56 Å². The van der Waals surface area contributed by atoms with Crippen molar-refractivity contribution in [1.29, 1.82) is 0 Å². The second kappa shape index (κ2) is 5.09. The van der Waals surface area contributed by atoms with Crippen molar-refractivity contribution in [3.63, 3.8) is 0 Å². The Morgan fingerprint density at radius 1 is 1.27 bits per heavy atom. The van der Waals surface area contributed by atoms with Gasteiger partial charge in [-0.3, -0.25) is 0 Å². The number of aromatic nitrogens is 1. The minimum absolute atomic E-state index is 0.0685. The van der Waals surface area contributed by atoms with E-state index < -0.39 is 0 Å². The molecule has 0 N–H and O–H groups in total. The second-order valence-corrected chi connectivity index (χ2v) is 6.54. The summed E-state index contributed by atoms with van der Waals surface area (Å²) in [5, 5.41) is 12.7. The number of hydrogen-bond donors (Lipinski definition) is 0. The number of aryl methyl sites for hydroxylation is 1. The number of carbonyl (C=O) groups is 2. The normalized spacial score (nSPS) is 21.6. The molecule has 0 saturated heterocycles. The van der Waals surface area contributed by atoms with Gasteiger partial charge in [-0.1, -0.05) is 18.5 Å². The lowest BCUT2D eigenvalue weighted by Gasteiger charge is -2.18. The van der Waals surface area contributed by atoms with Crippen LogP contribution in [0, 0.1) is 25.0 Å². The van der Waals surface area contributed by atoms with E-state index in [1.807, 2.05) is 0 Å². The summed E-state index contributed by atoms with van der Waals surface area (Å²) >= 11 is 5.99. The van der Waals surface area contributed by atoms with Crippen molar-refractivity contribution in [1.82, 2.24) is 0 Å². The van der Waals surface area contributed by atoms with Gasteiger partial charge in [0.15, 0.2) is 0 Å². The highest BCUT2D eigenvalue weighted by Crippen LogP contribution is 2.38. The van der Waals surface area contributed by atoms with Crippen molar-refractivity contribution in [3.8, 4) is 0 Å². The van der Waals surface area contributed by atoms with Gasteiger partial charge in [0.1, 0.15) is 5.69 Å². The molecule has 5 nitrogen and oxygen atoms in total. The van der Waals surface area contributed by atoms with E-state index in [9.17, 15) is 14.8 Å². The highest BCUT2D eigenvalue weighted by atomic mass is 35.5. The first-order valence-corrected chi connectivity index (χ1v) is 7.70. The Hall–Kier alpha value is -1.88. The van der Waals surface area contributed by atoms with Crippen LogP contribution in [0.2, 0.25) is 5.02 Å². The Morgan fingerprint density at radius 3 is 2.59 bits per heavy atom. The van der Waals surface area contributed by atoms with Gasteiger partial charge in [-0.05, 0) is 45.1 Å². The Kier molecular flexibility index (Phi) is 3.48. The van der Waals surface area contributed by atoms with E-state index in [0.717, 1.165) is 11.3 Å². The van der Waals surface area contributed by atoms with Crippen LogP contribution in [0.1, 0.15) is 37.4 Å². The minimum Gasteiger partial charge on any atom is -0.710 e. The molecule has 1 aliphatic carbocycles. The molecule has 1 aromatic heterocycles. The monoisotopic (exact) mass is 320 g/mol. The van der Waals surface area contributed by atoms with Crippen LogP contribution in [0.4, 0.5) is 5.82 Å². The highest BCUT2D eigenvalue weighted by Gasteiger charge is 2.48. The zero-order valence-electron chi connectivity index (χ0n) is 12.8. The van der Waals surface area contributed by atoms with Crippen LogP contribution in [0.15, 0.2) is 17.2 Å². The Bertz CT molecular complexity index is 739. The number of anilines is 1. The molecular weight excluding hydrogens is 304 g/mol. The van der Waals surface area contributed by atoms with Crippen LogP contribution >= 0.6 is 11.6 Å². The summed E-state index contributed by atoms with van der Waals surface area (Å²) in [6.07, 6.45) is 2.09. The first kappa shape index (κ1) is 15.0. The Balaban J connectivity index is 2.11. The SMILES string of the molecule is Cc1cc(Cl)c(C)[n+]([O-])c1N1C(=O)C2=C(CC(C)CC2)C1=O. The topological polar surface area (TPSA) is 64.3 Å². The Labute approximate surface area is 133 Å². The molecule has 1 unspecified atom stereocenters. The number of rotatable bonds is 1. The van der Waals surface area contributed by atoms with Crippen molar-refractivity contribution in [3.05, 3.63) is 38.7 Å². The third-order valence-electron chi connectivity index (χ3n) is 4.48. The number of carbonyl (C=O) groups excluding carboxylic acids is 2. The van der Waals surface area contributed by atoms with E-state index in [1.165, 1.54) is 0 Å². The van der Waals surface area contributed by atoms with E-state index in [2.05, 4.69) is 6.92 Å². The predicted octanol–water partition coefficient (Wildman–Crippen LogP) is 2.58. The number of pyridine rings is 1. The van der Waals surface area contributed by atoms with Crippen molar-refractivity contribution in [2.75, 3.05) is 4.90 Å². The van der Waals surface area contributed by atoms with Crippen LogP contribution in [-0.4, -0.2) is 11.8 Å². The quantitative estimate of drug-likeness (QED) is 0.454. The third-order valence-corrected chi connectivity index (χ3v) is 4.86. The summed E-state index contributed by atoms with van der Waals surface area (Å²) in [7, 11) is 0. The van der Waals surface area contributed by atoms with Gasteiger partial charge < -0.3 is 5.21 Å². The summed E-state index contributed by atoms with van der Waals surface area (Å²) < 4.78 is 0.579. The molecule has 2 amide bonds. The maximum absolute atomic E-state index is 12.7. The van der Waals surface area contributed by atoms with Gasteiger partial charge in [0.25, 0.3) is 5.82 Å². The van der Waals surface area contributed by atoms with Gasteiger partial charge in [0.05, 0.1) is 16.2 Å². The molecule has 0 aromatic carbocycles. The Morgan fingerprint density at radius 2 is 1.91 bits per heavy atom. The van der Waals surface area contributed by atoms with Crippen LogP contribution in [0.5, 0.6) is 0 Å². The van der Waals surface area contributed by atoms with E-state index in [4.69, 9.17) is 11.6 Å². The maximum Gasteiger partial charge on any atom is 0.345 e. The van der Waals surface area contributed by atoms with Gasteiger partial charge >= 0.3 is 11.8 Å². The molecule has 3 rings (SSSR count). The fourth-order valence-electron chi connectivity index (χ4n) is 3.16. The zero-order chi connectivity index (χ0) is 16.2. The van der Waals surface area contributed by atoms with Crippen molar-refractivity contribution in [2.24, 2.45) is 5.92 Å². The molecule has 0 fully saturated rings. The minimum atomic E-state index is -0.360. The zero-order valence-corrected chi connectivity index (χ0v) is 13.5. The lowest BCUT2D eigenvalue weighted by molar-refractivity contribution is -0.598. The van der Waals surface area contributed by atoms with Crippen molar-refractivity contribution < 1.29 is 14.3 Å². The van der Waals surface area contributed by atoms with Crippen LogP contribution < -0.4 is 9.63 Å². The van der Waals surface area contributed by atoms with Crippen LogP contribution in [-0.2, 0) is 9.59 Å². The highest BCUT2D eigenvalue weighted by molar-refractivity contribution is 6.33. The largest absolute Gasteiger partial charge is 0.710 e. The molecule has 2 aliphatic rings. The van der Waals surface area contributed by atoms with Crippen molar-refractivity contribution in [2.45, 2.75) is 40.0 Å². The molecular formula is C16H17ClN2O3. The van der Waals surface area contributed by atoms with E-state index in [1.54, 1.807) is 19.9 Å². The van der Waals surface area contributed by atoms with Crippen LogP contribution in [0.25, 0.3) is 0 Å². The average molecular weight is 321 g/mol. The fourth-order valence-corrected chi connectivity index (χ4v) is 3.40. The van der Waals surface area contributed by atoms with Gasteiger partial charge in [-0.25, -0.2) is 14.3 Å². The van der Waals surface area contributed by atoms with E-state index in [0.29, 0.717) is 45.2 Å². The number of halogens is 1. The maximum atomic E-state index is 12.7. The molecule has 0 spiro atoms. The molecule has 0 radical (unpaired) electrons. The lowest BCUT2D eigenvalue weighted by atomic mass is 9.86. The van der Waals surface area contributed by atoms with Crippen LogP contribution in [0.3, 0.4) is 0 Å². The van der Waals surface area contributed by atoms with Gasteiger partial charge in [-0.2, -0.15) is 0 Å². The molecule has 22 heavy (non-hydrogen) atoms. The summed E-state index contributed by atoms with van der Waals surface area (Å²) in [6, 6.07) is 1.61. The summed E-state index contributed by atoms with van der Waals surface area (Å²) in [5.74, 6) is -0.274. The third kappa shape index (κ3) is 2.03. The molecule has 6 heteroatoms. The predicted molar refractivity (Wildman–Crippen MR) is 82.4 cm³/mol. The smallest absolute Gasteiger partial charge is 0.345 e. The van der Waals surface area contributed by atoms with Crippen molar-refractivity contribution >= 4 is 29.2 Å². The average Bonchev–Trinajstić information content (AvgIpc) is 2.70. The van der Waals surface area contributed by atoms with E-state index >= 15 is 0 Å². The second-order valence-electron chi connectivity index (χ2n) is 6.13. The molecule has 1 aromatic rings. The first-order valence-electron chi connectivity index (χ1n) is 7.33. The molecule has 116 valence electrons. The fraction of sp³-hybridized carbons (Fsp3) is 0.438. The molecule has 1 aliphatic heterocycles. The van der Waals surface area contributed by atoms with Gasteiger partial charge in [0.2, 0.25) is 0 Å². The number of imide groups is 1. The van der Waals surface area contributed by atoms with E-state index in [-0.39, 0.29) is 23.3 Å².